The number of imidazole rings is 1. The molecule has 0 aromatic carbocycles. The van der Waals surface area contributed by atoms with Gasteiger partial charge in [-0.05, 0) is 33.6 Å². The van der Waals surface area contributed by atoms with Crippen LogP contribution >= 0.6 is 0 Å². The van der Waals surface area contributed by atoms with Crippen molar-refractivity contribution in [1.29, 1.82) is 5.26 Å². The van der Waals surface area contributed by atoms with Crippen LogP contribution < -0.4 is 11.0 Å². The molecular formula is C16H25N5O2. The van der Waals surface area contributed by atoms with Gasteiger partial charge < -0.3 is 10.2 Å². The fourth-order valence-corrected chi connectivity index (χ4v) is 2.79. The van der Waals surface area contributed by atoms with Gasteiger partial charge in [0.05, 0.1) is 12.6 Å². The van der Waals surface area contributed by atoms with Crippen LogP contribution in [0.1, 0.15) is 33.6 Å². The van der Waals surface area contributed by atoms with Crippen LogP contribution in [-0.2, 0) is 16.9 Å². The van der Waals surface area contributed by atoms with Crippen molar-refractivity contribution in [3.8, 4) is 6.07 Å². The average Bonchev–Trinajstić information content (AvgIpc) is 3.09. The third-order valence-electron chi connectivity index (χ3n) is 4.10. The molecule has 0 radical (unpaired) electrons. The van der Waals surface area contributed by atoms with Gasteiger partial charge in [-0.3, -0.25) is 13.9 Å². The predicted molar refractivity (Wildman–Crippen MR) is 86.9 cm³/mol. The van der Waals surface area contributed by atoms with Crippen LogP contribution in [0.3, 0.4) is 0 Å². The van der Waals surface area contributed by atoms with Crippen molar-refractivity contribution >= 4 is 5.91 Å². The molecule has 126 valence electrons. The Morgan fingerprint density at radius 2 is 2.17 bits per heavy atom. The van der Waals surface area contributed by atoms with Crippen LogP contribution in [0.2, 0.25) is 0 Å². The molecule has 23 heavy (non-hydrogen) atoms. The molecule has 1 aromatic rings. The van der Waals surface area contributed by atoms with Crippen molar-refractivity contribution in [3.05, 3.63) is 22.9 Å². The summed E-state index contributed by atoms with van der Waals surface area (Å²) < 4.78 is 3.33. The lowest BCUT2D eigenvalue weighted by molar-refractivity contribution is -0.130. The van der Waals surface area contributed by atoms with Crippen molar-refractivity contribution in [1.82, 2.24) is 19.4 Å². The molecule has 7 heteroatoms. The minimum absolute atomic E-state index is 0.0466. The Kier molecular flexibility index (Phi) is 5.26. The molecule has 1 saturated heterocycles. The van der Waals surface area contributed by atoms with E-state index in [4.69, 9.17) is 5.26 Å². The third kappa shape index (κ3) is 4.02. The van der Waals surface area contributed by atoms with E-state index in [2.05, 4.69) is 11.4 Å². The fraction of sp³-hybridized carbons (Fsp3) is 0.688. The summed E-state index contributed by atoms with van der Waals surface area (Å²) in [6, 6.07) is 1.88. The highest BCUT2D eigenvalue weighted by Gasteiger charge is 2.27. The molecule has 0 aliphatic carbocycles. The van der Waals surface area contributed by atoms with Crippen LogP contribution in [0, 0.1) is 11.3 Å². The standard InChI is InChI=1S/C16H25N5O2/c1-16(2,3)21-10-9-19(15(21)23)8-6-18-12-14(22)20-7-4-5-13(20)11-17/h9-10,13,18H,4-8,12H2,1-3H3. The third-order valence-corrected chi connectivity index (χ3v) is 4.10. The lowest BCUT2D eigenvalue weighted by Crippen LogP contribution is -2.41. The summed E-state index contributed by atoms with van der Waals surface area (Å²) in [6.07, 6.45) is 5.20. The minimum atomic E-state index is -0.285. The van der Waals surface area contributed by atoms with E-state index in [1.165, 1.54) is 0 Å². The monoisotopic (exact) mass is 319 g/mol. The molecule has 1 amide bonds. The number of nitriles is 1. The fourth-order valence-electron chi connectivity index (χ4n) is 2.79. The normalized spacial score (nSPS) is 18.2. The quantitative estimate of drug-likeness (QED) is 0.802. The van der Waals surface area contributed by atoms with Gasteiger partial charge in [0.15, 0.2) is 0 Å². The predicted octanol–water partition coefficient (Wildman–Crippen LogP) is 0.509. The molecule has 1 aliphatic heterocycles. The first-order chi connectivity index (χ1) is 10.8. The van der Waals surface area contributed by atoms with Gasteiger partial charge in [-0.15, -0.1) is 0 Å². The summed E-state index contributed by atoms with van der Waals surface area (Å²) in [6.45, 7) is 7.85. The zero-order valence-electron chi connectivity index (χ0n) is 14.1. The highest BCUT2D eigenvalue weighted by Crippen LogP contribution is 2.15. The Morgan fingerprint density at radius 1 is 1.43 bits per heavy atom. The molecule has 1 N–H and O–H groups in total. The number of carbonyl (C=O) groups excluding carboxylic acids is 1. The number of nitrogens with zero attached hydrogens (tertiary/aromatic N) is 4. The number of likely N-dealkylation sites (tertiary alicyclic amines) is 1. The van der Waals surface area contributed by atoms with E-state index in [0.29, 0.717) is 19.6 Å². The van der Waals surface area contributed by atoms with Crippen LogP contribution in [0.5, 0.6) is 0 Å². The molecule has 2 heterocycles. The van der Waals surface area contributed by atoms with Crippen LogP contribution in [0.15, 0.2) is 17.2 Å². The zero-order chi connectivity index (χ0) is 17.0. The molecule has 0 spiro atoms. The Hall–Kier alpha value is -2.07. The van der Waals surface area contributed by atoms with Gasteiger partial charge in [0.25, 0.3) is 0 Å². The molecule has 1 fully saturated rings. The first-order valence-electron chi connectivity index (χ1n) is 8.02. The lowest BCUT2D eigenvalue weighted by Gasteiger charge is -2.20. The molecular weight excluding hydrogens is 294 g/mol. The number of nitrogens with one attached hydrogen (secondary N) is 1. The summed E-state index contributed by atoms with van der Waals surface area (Å²) >= 11 is 0. The number of rotatable bonds is 5. The SMILES string of the molecule is CC(C)(C)n1ccn(CCNCC(=O)N2CCCC2C#N)c1=O. The van der Waals surface area contributed by atoms with Crippen molar-refractivity contribution in [2.45, 2.75) is 51.7 Å². The Bertz CT molecular complexity index is 647. The van der Waals surface area contributed by atoms with E-state index >= 15 is 0 Å². The van der Waals surface area contributed by atoms with Crippen molar-refractivity contribution in [3.63, 3.8) is 0 Å². The molecule has 1 atom stereocenters. The largest absolute Gasteiger partial charge is 0.328 e. The Morgan fingerprint density at radius 3 is 2.78 bits per heavy atom. The molecule has 1 unspecified atom stereocenters. The van der Waals surface area contributed by atoms with E-state index in [-0.39, 0.29) is 29.7 Å². The topological polar surface area (TPSA) is 83.1 Å². The minimum Gasteiger partial charge on any atom is -0.326 e. The first kappa shape index (κ1) is 17.3. The van der Waals surface area contributed by atoms with Crippen LogP contribution in [0.25, 0.3) is 0 Å². The van der Waals surface area contributed by atoms with E-state index < -0.39 is 0 Å². The smallest absolute Gasteiger partial charge is 0.326 e. The summed E-state index contributed by atoms with van der Waals surface area (Å²) in [4.78, 5) is 25.9. The second-order valence-electron chi connectivity index (χ2n) is 6.87. The van der Waals surface area contributed by atoms with Gasteiger partial charge >= 0.3 is 5.69 Å². The van der Waals surface area contributed by atoms with Gasteiger partial charge in [0.1, 0.15) is 6.04 Å². The molecule has 1 aromatic heterocycles. The van der Waals surface area contributed by atoms with Gasteiger partial charge in [0.2, 0.25) is 5.91 Å². The number of carbonyl (C=O) groups is 1. The van der Waals surface area contributed by atoms with E-state index in [0.717, 1.165) is 12.8 Å². The summed E-state index contributed by atoms with van der Waals surface area (Å²) in [7, 11) is 0. The lowest BCUT2D eigenvalue weighted by atomic mass is 10.1. The maximum absolute atomic E-state index is 12.2. The first-order valence-corrected chi connectivity index (χ1v) is 8.02. The number of aromatic nitrogens is 2. The molecule has 0 saturated carbocycles. The highest BCUT2D eigenvalue weighted by atomic mass is 16.2. The van der Waals surface area contributed by atoms with E-state index in [1.807, 2.05) is 20.8 Å². The van der Waals surface area contributed by atoms with Crippen molar-refractivity contribution in [2.24, 2.45) is 0 Å². The summed E-state index contributed by atoms with van der Waals surface area (Å²) in [5.41, 5.74) is -0.289. The van der Waals surface area contributed by atoms with Gasteiger partial charge in [-0.25, -0.2) is 4.79 Å². The molecule has 7 nitrogen and oxygen atoms in total. The van der Waals surface area contributed by atoms with Gasteiger partial charge in [0, 0.05) is 37.6 Å². The zero-order valence-corrected chi connectivity index (χ0v) is 14.1. The highest BCUT2D eigenvalue weighted by molar-refractivity contribution is 5.79. The van der Waals surface area contributed by atoms with Gasteiger partial charge in [-0.2, -0.15) is 5.26 Å². The van der Waals surface area contributed by atoms with Crippen molar-refractivity contribution in [2.75, 3.05) is 19.6 Å². The summed E-state index contributed by atoms with van der Waals surface area (Å²) in [5.74, 6) is -0.0475. The van der Waals surface area contributed by atoms with E-state index in [1.54, 1.807) is 26.4 Å². The maximum Gasteiger partial charge on any atom is 0.328 e. The number of hydrogen-bond donors (Lipinski definition) is 1. The molecule has 1 aliphatic rings. The van der Waals surface area contributed by atoms with Crippen LogP contribution in [0.4, 0.5) is 0 Å². The second-order valence-corrected chi connectivity index (χ2v) is 6.87. The summed E-state index contributed by atoms with van der Waals surface area (Å²) in [5, 5.41) is 12.1. The number of hydrogen-bond acceptors (Lipinski definition) is 4. The second kappa shape index (κ2) is 7.01. The molecule has 0 bridgehead atoms. The van der Waals surface area contributed by atoms with Crippen molar-refractivity contribution < 1.29 is 4.79 Å². The average molecular weight is 319 g/mol. The van der Waals surface area contributed by atoms with E-state index in [9.17, 15) is 9.59 Å². The number of amides is 1. The Balaban J connectivity index is 1.80. The van der Waals surface area contributed by atoms with Crippen LogP contribution in [-0.4, -0.2) is 45.6 Å². The molecule has 2 rings (SSSR count). The maximum atomic E-state index is 12.2. The Labute approximate surface area is 136 Å². The van der Waals surface area contributed by atoms with Gasteiger partial charge in [-0.1, -0.05) is 0 Å².